The summed E-state index contributed by atoms with van der Waals surface area (Å²) in [6.45, 7) is 2.56. The Kier molecular flexibility index (Phi) is 4.05. The maximum atomic E-state index is 12.3. The lowest BCUT2D eigenvalue weighted by atomic mass is 9.67. The van der Waals surface area contributed by atoms with E-state index < -0.39 is 15.7 Å². The topological polar surface area (TPSA) is 72.8 Å². The number of benzene rings is 1. The smallest absolute Gasteiger partial charge is 0.297 e. The lowest BCUT2D eigenvalue weighted by molar-refractivity contribution is -0.204. The van der Waals surface area contributed by atoms with Crippen molar-refractivity contribution in [1.82, 2.24) is 0 Å². The lowest BCUT2D eigenvalue weighted by Crippen LogP contribution is -2.54. The zero-order chi connectivity index (χ0) is 15.8. The molecule has 0 amide bonds. The van der Waals surface area contributed by atoms with E-state index in [-0.39, 0.29) is 23.5 Å². The largest absolute Gasteiger partial charge is 0.396 e. The summed E-state index contributed by atoms with van der Waals surface area (Å²) in [4.78, 5) is 0.172. The summed E-state index contributed by atoms with van der Waals surface area (Å²) in [7, 11) is -3.76. The summed E-state index contributed by atoms with van der Waals surface area (Å²) in [6, 6.07) is 6.62. The first-order valence-corrected chi connectivity index (χ1v) is 9.01. The molecule has 0 aromatic heterocycles. The Morgan fingerprint density at radius 3 is 2.32 bits per heavy atom. The minimum Gasteiger partial charge on any atom is -0.396 e. The fourth-order valence-corrected chi connectivity index (χ4v) is 4.15. The van der Waals surface area contributed by atoms with Gasteiger partial charge in [-0.15, -0.1) is 0 Å². The number of hydrogen-bond donors (Lipinski definition) is 1. The van der Waals surface area contributed by atoms with Crippen LogP contribution in [0.3, 0.4) is 0 Å². The van der Waals surface area contributed by atoms with Crippen LogP contribution in [-0.2, 0) is 19.0 Å². The molecular formula is C16H22O5S. The van der Waals surface area contributed by atoms with Crippen molar-refractivity contribution in [3.8, 4) is 0 Å². The molecule has 3 aliphatic rings. The van der Waals surface area contributed by atoms with Crippen LogP contribution in [0.4, 0.5) is 0 Å². The van der Waals surface area contributed by atoms with Crippen molar-refractivity contribution >= 4 is 10.1 Å². The molecule has 6 heteroatoms. The van der Waals surface area contributed by atoms with Gasteiger partial charge >= 0.3 is 0 Å². The molecule has 3 fully saturated rings. The third kappa shape index (κ3) is 2.93. The van der Waals surface area contributed by atoms with E-state index in [0.29, 0.717) is 6.61 Å². The third-order valence-corrected chi connectivity index (χ3v) is 6.31. The molecule has 2 heterocycles. The molecule has 22 heavy (non-hydrogen) atoms. The minimum absolute atomic E-state index is 0.0463. The van der Waals surface area contributed by atoms with E-state index in [4.69, 9.17) is 8.92 Å². The lowest BCUT2D eigenvalue weighted by Gasteiger charge is -2.52. The molecule has 4 rings (SSSR count). The number of ether oxygens (including phenoxy) is 1. The molecule has 5 nitrogen and oxygen atoms in total. The Morgan fingerprint density at radius 1 is 1.18 bits per heavy atom. The van der Waals surface area contributed by atoms with Gasteiger partial charge in [-0.05, 0) is 44.7 Å². The minimum atomic E-state index is -3.76. The number of hydrogen-bond acceptors (Lipinski definition) is 5. The SMILES string of the molecule is Cc1ccc(S(=O)(=O)OCC23CCC(CO)(CC2)CO3)cc1. The van der Waals surface area contributed by atoms with E-state index >= 15 is 0 Å². The van der Waals surface area contributed by atoms with Gasteiger partial charge in [0.15, 0.2) is 0 Å². The highest BCUT2D eigenvalue weighted by atomic mass is 32.2. The fourth-order valence-electron chi connectivity index (χ4n) is 3.18. The van der Waals surface area contributed by atoms with E-state index in [1.165, 1.54) is 0 Å². The van der Waals surface area contributed by atoms with Crippen molar-refractivity contribution in [3.63, 3.8) is 0 Å². The summed E-state index contributed by atoms with van der Waals surface area (Å²) in [6.07, 6.45) is 3.18. The van der Waals surface area contributed by atoms with Gasteiger partial charge < -0.3 is 9.84 Å². The Bertz CT molecular complexity index is 610. The Morgan fingerprint density at radius 2 is 1.82 bits per heavy atom. The van der Waals surface area contributed by atoms with E-state index in [1.807, 2.05) is 6.92 Å². The summed E-state index contributed by atoms with van der Waals surface area (Å²) < 4.78 is 35.6. The van der Waals surface area contributed by atoms with E-state index in [2.05, 4.69) is 0 Å². The van der Waals surface area contributed by atoms with Gasteiger partial charge in [-0.2, -0.15) is 8.42 Å². The van der Waals surface area contributed by atoms with Crippen LogP contribution in [-0.4, -0.2) is 38.9 Å². The van der Waals surface area contributed by atoms with Crippen LogP contribution < -0.4 is 0 Å². The molecular weight excluding hydrogens is 304 g/mol. The van der Waals surface area contributed by atoms with Crippen molar-refractivity contribution in [2.75, 3.05) is 19.8 Å². The number of fused-ring (bicyclic) bond motifs is 3. The second-order valence-electron chi connectivity index (χ2n) is 6.66. The predicted octanol–water partition coefficient (Wildman–Crippen LogP) is 2.02. The summed E-state index contributed by atoms with van der Waals surface area (Å²) >= 11 is 0. The molecule has 0 atom stereocenters. The van der Waals surface area contributed by atoms with Gasteiger partial charge in [0.05, 0.1) is 30.3 Å². The normalized spacial score (nSPS) is 31.4. The van der Waals surface area contributed by atoms with Gasteiger partial charge in [-0.3, -0.25) is 4.18 Å². The molecule has 1 aromatic carbocycles. The standard InChI is InChI=1S/C16H22O5S/c1-13-2-4-14(5-3-13)22(18,19)21-12-16-8-6-15(10-17,7-9-16)11-20-16/h2-5,17H,6-12H2,1H3. The zero-order valence-corrected chi connectivity index (χ0v) is 13.6. The average molecular weight is 326 g/mol. The van der Waals surface area contributed by atoms with Crippen LogP contribution in [0, 0.1) is 12.3 Å². The van der Waals surface area contributed by atoms with E-state index in [9.17, 15) is 13.5 Å². The van der Waals surface area contributed by atoms with Gasteiger partial charge in [0.25, 0.3) is 10.1 Å². The van der Waals surface area contributed by atoms with Crippen molar-refractivity contribution in [1.29, 1.82) is 0 Å². The van der Waals surface area contributed by atoms with Crippen molar-refractivity contribution < 1.29 is 22.4 Å². The summed E-state index contributed by atoms with van der Waals surface area (Å²) in [5.41, 5.74) is 0.354. The molecule has 2 bridgehead atoms. The average Bonchev–Trinajstić information content (AvgIpc) is 2.55. The van der Waals surface area contributed by atoms with Crippen LogP contribution >= 0.6 is 0 Å². The number of aryl methyl sites for hydroxylation is 1. The van der Waals surface area contributed by atoms with Crippen molar-refractivity contribution in [3.05, 3.63) is 29.8 Å². The molecule has 2 saturated heterocycles. The van der Waals surface area contributed by atoms with Gasteiger partial charge in [0.2, 0.25) is 0 Å². The first-order chi connectivity index (χ1) is 10.4. The summed E-state index contributed by atoms with van der Waals surface area (Å²) in [5.74, 6) is 0. The number of aliphatic hydroxyl groups excluding tert-OH is 1. The first-order valence-electron chi connectivity index (χ1n) is 7.60. The number of rotatable bonds is 5. The number of aliphatic hydroxyl groups is 1. The fraction of sp³-hybridized carbons (Fsp3) is 0.625. The van der Waals surface area contributed by atoms with Crippen molar-refractivity contribution in [2.45, 2.75) is 43.1 Å². The summed E-state index contributed by atoms with van der Waals surface area (Å²) in [5, 5.41) is 9.47. The Balaban J connectivity index is 1.66. The van der Waals surface area contributed by atoms with Crippen LogP contribution in [0.15, 0.2) is 29.2 Å². The molecule has 1 aliphatic carbocycles. The van der Waals surface area contributed by atoms with Gasteiger partial charge in [-0.25, -0.2) is 0 Å². The first kappa shape index (κ1) is 15.9. The third-order valence-electron chi connectivity index (χ3n) is 5.03. The predicted molar refractivity (Wildman–Crippen MR) is 81.0 cm³/mol. The molecule has 1 aromatic rings. The van der Waals surface area contributed by atoms with Gasteiger partial charge in [0.1, 0.15) is 0 Å². The monoisotopic (exact) mass is 326 g/mol. The molecule has 1 saturated carbocycles. The zero-order valence-electron chi connectivity index (χ0n) is 12.7. The maximum absolute atomic E-state index is 12.3. The maximum Gasteiger partial charge on any atom is 0.297 e. The second kappa shape index (κ2) is 5.60. The Hall–Kier alpha value is -0.950. The molecule has 0 radical (unpaired) electrons. The van der Waals surface area contributed by atoms with Crippen LogP contribution in [0.2, 0.25) is 0 Å². The molecule has 2 aliphatic heterocycles. The van der Waals surface area contributed by atoms with Crippen LogP contribution in [0.1, 0.15) is 31.2 Å². The van der Waals surface area contributed by atoms with E-state index in [0.717, 1.165) is 31.2 Å². The van der Waals surface area contributed by atoms with Gasteiger partial charge in [-0.1, -0.05) is 17.7 Å². The van der Waals surface area contributed by atoms with Crippen LogP contribution in [0.25, 0.3) is 0 Å². The highest BCUT2D eigenvalue weighted by Gasteiger charge is 2.50. The highest BCUT2D eigenvalue weighted by molar-refractivity contribution is 7.86. The van der Waals surface area contributed by atoms with E-state index in [1.54, 1.807) is 24.3 Å². The van der Waals surface area contributed by atoms with Crippen LogP contribution in [0.5, 0.6) is 0 Å². The van der Waals surface area contributed by atoms with Gasteiger partial charge in [0, 0.05) is 5.41 Å². The second-order valence-corrected chi connectivity index (χ2v) is 8.27. The quantitative estimate of drug-likeness (QED) is 0.838. The van der Waals surface area contributed by atoms with Crippen molar-refractivity contribution in [2.24, 2.45) is 5.41 Å². The molecule has 0 spiro atoms. The molecule has 1 N–H and O–H groups in total. The highest BCUT2D eigenvalue weighted by Crippen LogP contribution is 2.48. The Labute approximate surface area is 131 Å². The molecule has 0 unspecified atom stereocenters. The molecule has 122 valence electrons.